The second-order valence-electron chi connectivity index (χ2n) is 6.27. The molecule has 2 aromatic heterocycles. The molecule has 30 heavy (non-hydrogen) atoms. The number of hydrogen-bond donors (Lipinski definition) is 0. The quantitative estimate of drug-likeness (QED) is 0.407. The molecule has 0 atom stereocenters. The van der Waals surface area contributed by atoms with Gasteiger partial charge in [-0.1, -0.05) is 30.3 Å². The number of nitrogens with zero attached hydrogens (tertiary/aromatic N) is 3. The van der Waals surface area contributed by atoms with Gasteiger partial charge in [0.2, 0.25) is 5.13 Å². The highest BCUT2D eigenvalue weighted by molar-refractivity contribution is 7.12. The predicted octanol–water partition coefficient (Wildman–Crippen LogP) is 5.70. The molecule has 4 aromatic rings. The minimum absolute atomic E-state index is 0.123. The van der Waals surface area contributed by atoms with Crippen molar-refractivity contribution in [2.75, 3.05) is 14.2 Å². The first-order valence-electron chi connectivity index (χ1n) is 8.81. The van der Waals surface area contributed by atoms with E-state index in [9.17, 15) is 13.2 Å². The van der Waals surface area contributed by atoms with Crippen molar-refractivity contribution in [3.05, 3.63) is 65.7 Å². The van der Waals surface area contributed by atoms with E-state index in [1.807, 2.05) is 30.3 Å². The minimum Gasteiger partial charge on any atom is -0.497 e. The van der Waals surface area contributed by atoms with Crippen LogP contribution in [0.4, 0.5) is 13.2 Å². The summed E-state index contributed by atoms with van der Waals surface area (Å²) >= 11 is 1.09. The highest BCUT2D eigenvalue weighted by atomic mass is 32.1. The van der Waals surface area contributed by atoms with Gasteiger partial charge in [0, 0.05) is 22.6 Å². The maximum atomic E-state index is 13.8. The Hall–Kier alpha value is -3.33. The molecule has 0 bridgehead atoms. The number of hydrogen-bond acceptors (Lipinski definition) is 5. The molecule has 4 rings (SSSR count). The first-order chi connectivity index (χ1) is 14.4. The Morgan fingerprint density at radius 2 is 1.70 bits per heavy atom. The van der Waals surface area contributed by atoms with E-state index >= 15 is 0 Å². The summed E-state index contributed by atoms with van der Waals surface area (Å²) in [7, 11) is 2.94. The van der Waals surface area contributed by atoms with E-state index in [0.29, 0.717) is 22.8 Å². The van der Waals surface area contributed by atoms with Gasteiger partial charge >= 0.3 is 6.18 Å². The monoisotopic (exact) mass is 431 g/mol. The van der Waals surface area contributed by atoms with E-state index in [1.165, 1.54) is 14.2 Å². The highest BCUT2D eigenvalue weighted by Crippen LogP contribution is 2.38. The van der Waals surface area contributed by atoms with Crippen LogP contribution in [0.3, 0.4) is 0 Å². The number of aromatic nitrogens is 3. The molecule has 2 heterocycles. The molecular weight excluding hydrogens is 415 g/mol. The zero-order valence-electron chi connectivity index (χ0n) is 16.0. The fraction of sp³-hybridized carbons (Fsp3) is 0.143. The normalized spacial score (nSPS) is 11.5. The molecule has 0 amide bonds. The molecule has 0 aliphatic carbocycles. The lowest BCUT2D eigenvalue weighted by molar-refractivity contribution is -0.142. The van der Waals surface area contributed by atoms with Gasteiger partial charge in [-0.05, 0) is 18.2 Å². The van der Waals surface area contributed by atoms with Gasteiger partial charge in [-0.25, -0.2) is 9.67 Å². The standard InChI is InChI=1S/C21H16F3N3O2S/c1-28-14-8-9-15(18(10-14)29-2)16-11-19(21(22,23)24)27(26-16)20-25-17(12-30-20)13-6-4-3-5-7-13/h3-12H,1-2H3. The first kappa shape index (κ1) is 20.0. The third-order valence-electron chi connectivity index (χ3n) is 4.43. The van der Waals surface area contributed by atoms with E-state index in [0.717, 1.165) is 27.6 Å². The molecule has 0 unspecified atom stereocenters. The number of ether oxygens (including phenoxy) is 2. The molecule has 9 heteroatoms. The zero-order valence-corrected chi connectivity index (χ0v) is 16.8. The maximum Gasteiger partial charge on any atom is 0.433 e. The third-order valence-corrected chi connectivity index (χ3v) is 5.24. The van der Waals surface area contributed by atoms with E-state index in [4.69, 9.17) is 9.47 Å². The van der Waals surface area contributed by atoms with Crippen LogP contribution in [-0.2, 0) is 6.18 Å². The van der Waals surface area contributed by atoms with Gasteiger partial charge in [-0.2, -0.15) is 18.3 Å². The van der Waals surface area contributed by atoms with Crippen LogP contribution < -0.4 is 9.47 Å². The number of alkyl halides is 3. The SMILES string of the molecule is COc1ccc(-c2cc(C(F)(F)F)n(-c3nc(-c4ccccc4)cs3)n2)c(OC)c1. The Morgan fingerprint density at radius 1 is 0.933 bits per heavy atom. The van der Waals surface area contributed by atoms with E-state index in [-0.39, 0.29) is 10.8 Å². The fourth-order valence-corrected chi connectivity index (χ4v) is 3.77. The minimum atomic E-state index is -4.61. The maximum absolute atomic E-state index is 13.8. The number of rotatable bonds is 5. The summed E-state index contributed by atoms with van der Waals surface area (Å²) in [6.07, 6.45) is -4.61. The summed E-state index contributed by atoms with van der Waals surface area (Å²) in [4.78, 5) is 4.37. The fourth-order valence-electron chi connectivity index (χ4n) is 2.97. The number of benzene rings is 2. The van der Waals surface area contributed by atoms with Crippen LogP contribution in [0, 0.1) is 0 Å². The summed E-state index contributed by atoms with van der Waals surface area (Å²) in [6.45, 7) is 0. The van der Waals surface area contributed by atoms with Gasteiger partial charge in [0.15, 0.2) is 5.69 Å². The molecule has 0 fully saturated rings. The van der Waals surface area contributed by atoms with Gasteiger partial charge < -0.3 is 9.47 Å². The van der Waals surface area contributed by atoms with Crippen LogP contribution in [0.2, 0.25) is 0 Å². The Labute approximate surface area is 174 Å². The molecule has 0 radical (unpaired) electrons. The Bertz CT molecular complexity index is 1170. The van der Waals surface area contributed by atoms with Crippen LogP contribution >= 0.6 is 11.3 Å². The molecule has 0 saturated heterocycles. The smallest absolute Gasteiger partial charge is 0.433 e. The number of thiazole rings is 1. The average molecular weight is 431 g/mol. The second kappa shape index (κ2) is 7.83. The van der Waals surface area contributed by atoms with Gasteiger partial charge in [0.25, 0.3) is 0 Å². The molecular formula is C21H16F3N3O2S. The van der Waals surface area contributed by atoms with Crippen LogP contribution in [0.15, 0.2) is 60.0 Å². The molecule has 0 aliphatic rings. The molecule has 0 N–H and O–H groups in total. The van der Waals surface area contributed by atoms with Crippen LogP contribution in [0.25, 0.3) is 27.6 Å². The summed E-state index contributed by atoms with van der Waals surface area (Å²) in [5.74, 6) is 0.885. The molecule has 2 aromatic carbocycles. The van der Waals surface area contributed by atoms with Gasteiger partial charge in [-0.15, -0.1) is 11.3 Å². The lowest BCUT2D eigenvalue weighted by atomic mass is 10.1. The number of halogens is 3. The molecule has 0 spiro atoms. The summed E-state index contributed by atoms with van der Waals surface area (Å²) in [6, 6.07) is 15.1. The van der Waals surface area contributed by atoms with Crippen molar-refractivity contribution >= 4 is 11.3 Å². The Balaban J connectivity index is 1.82. The lowest BCUT2D eigenvalue weighted by Gasteiger charge is -2.08. The highest BCUT2D eigenvalue weighted by Gasteiger charge is 2.37. The van der Waals surface area contributed by atoms with Crippen LogP contribution in [0.1, 0.15) is 5.69 Å². The molecule has 154 valence electrons. The van der Waals surface area contributed by atoms with Crippen molar-refractivity contribution in [3.63, 3.8) is 0 Å². The van der Waals surface area contributed by atoms with Crippen molar-refractivity contribution in [1.29, 1.82) is 0 Å². The topological polar surface area (TPSA) is 49.2 Å². The van der Waals surface area contributed by atoms with Crippen molar-refractivity contribution in [3.8, 4) is 39.1 Å². The van der Waals surface area contributed by atoms with E-state index in [2.05, 4.69) is 10.1 Å². The van der Waals surface area contributed by atoms with Crippen LogP contribution in [0.5, 0.6) is 11.5 Å². The van der Waals surface area contributed by atoms with Crippen molar-refractivity contribution < 1.29 is 22.6 Å². The Kier molecular flexibility index (Phi) is 5.21. The molecule has 5 nitrogen and oxygen atoms in total. The molecule has 0 aliphatic heterocycles. The predicted molar refractivity (Wildman–Crippen MR) is 108 cm³/mol. The van der Waals surface area contributed by atoms with Gasteiger partial charge in [0.05, 0.1) is 25.6 Å². The van der Waals surface area contributed by atoms with E-state index in [1.54, 1.807) is 23.6 Å². The summed E-state index contributed by atoms with van der Waals surface area (Å²) < 4.78 is 52.6. The van der Waals surface area contributed by atoms with Crippen molar-refractivity contribution in [1.82, 2.24) is 14.8 Å². The van der Waals surface area contributed by atoms with Crippen molar-refractivity contribution in [2.24, 2.45) is 0 Å². The first-order valence-corrected chi connectivity index (χ1v) is 9.69. The van der Waals surface area contributed by atoms with Crippen molar-refractivity contribution in [2.45, 2.75) is 6.18 Å². The zero-order chi connectivity index (χ0) is 21.3. The largest absolute Gasteiger partial charge is 0.497 e. The van der Waals surface area contributed by atoms with Crippen LogP contribution in [-0.4, -0.2) is 29.0 Å². The average Bonchev–Trinajstić information content (AvgIpc) is 3.41. The van der Waals surface area contributed by atoms with Gasteiger partial charge in [0.1, 0.15) is 11.5 Å². The lowest BCUT2D eigenvalue weighted by Crippen LogP contribution is -2.13. The summed E-state index contributed by atoms with van der Waals surface area (Å²) in [5.41, 5.74) is 1.03. The van der Waals surface area contributed by atoms with E-state index < -0.39 is 11.9 Å². The summed E-state index contributed by atoms with van der Waals surface area (Å²) in [5, 5.41) is 6.05. The van der Waals surface area contributed by atoms with Gasteiger partial charge in [-0.3, -0.25) is 0 Å². The Morgan fingerprint density at radius 3 is 2.37 bits per heavy atom. The second-order valence-corrected chi connectivity index (χ2v) is 7.11. The number of methoxy groups -OCH3 is 2. The third kappa shape index (κ3) is 3.76. The molecule has 0 saturated carbocycles.